The van der Waals surface area contributed by atoms with Crippen LogP contribution in [0.3, 0.4) is 0 Å². The summed E-state index contributed by atoms with van der Waals surface area (Å²) in [6, 6.07) is 13.1. The fourth-order valence-electron chi connectivity index (χ4n) is 2.13. The molecule has 2 rings (SSSR count). The third-order valence-electron chi connectivity index (χ3n) is 2.89. The van der Waals surface area contributed by atoms with Gasteiger partial charge in [0, 0.05) is 0 Å². The Morgan fingerprint density at radius 3 is 2.13 bits per heavy atom. The summed E-state index contributed by atoms with van der Waals surface area (Å²) in [4.78, 5) is 0. The molecule has 0 atom stereocenters. The molecule has 0 heterocycles. The summed E-state index contributed by atoms with van der Waals surface area (Å²) in [7, 11) is 0. The normalized spacial score (nSPS) is 10.8. The molecule has 0 N–H and O–H groups in total. The first-order chi connectivity index (χ1) is 7.36. The van der Waals surface area contributed by atoms with E-state index in [0.29, 0.717) is 0 Å². The summed E-state index contributed by atoms with van der Waals surface area (Å²) < 4.78 is 0. The number of hydrogen-bond acceptors (Lipinski definition) is 0. The molecule has 0 saturated carbocycles. The van der Waals surface area contributed by atoms with Gasteiger partial charge in [-0.15, -0.1) is 0 Å². The summed E-state index contributed by atoms with van der Waals surface area (Å²) in [5, 5.41) is 2.78. The molecule has 1 radical (unpaired) electrons. The minimum absolute atomic E-state index is 0.868. The van der Waals surface area contributed by atoms with Crippen molar-refractivity contribution in [2.75, 3.05) is 0 Å². The van der Waals surface area contributed by atoms with Crippen LogP contribution in [0.15, 0.2) is 36.4 Å². The zero-order chi connectivity index (χ0) is 10.7. The zero-order valence-electron chi connectivity index (χ0n) is 9.29. The van der Waals surface area contributed by atoms with Crippen molar-refractivity contribution in [2.24, 2.45) is 0 Å². The van der Waals surface area contributed by atoms with Crippen LogP contribution in [0.1, 0.15) is 24.5 Å². The van der Waals surface area contributed by atoms with Gasteiger partial charge in [-0.2, -0.15) is 0 Å². The van der Waals surface area contributed by atoms with Gasteiger partial charge >= 0.3 is 0 Å². The van der Waals surface area contributed by atoms with Crippen molar-refractivity contribution in [1.82, 2.24) is 0 Å². The van der Waals surface area contributed by atoms with E-state index in [9.17, 15) is 0 Å². The fraction of sp³-hybridized carbons (Fsp3) is 0.267. The summed E-state index contributed by atoms with van der Waals surface area (Å²) in [5.41, 5.74) is 2.82. The van der Waals surface area contributed by atoms with Crippen LogP contribution in [0.2, 0.25) is 0 Å². The van der Waals surface area contributed by atoms with Crippen LogP contribution in [-0.2, 0) is 12.8 Å². The van der Waals surface area contributed by atoms with Gasteiger partial charge < -0.3 is 0 Å². The number of fused-ring (bicyclic) bond motifs is 1. The van der Waals surface area contributed by atoms with Crippen molar-refractivity contribution < 1.29 is 0 Å². The van der Waals surface area contributed by atoms with Gasteiger partial charge in [0.2, 0.25) is 0 Å². The standard InChI is InChI=1S/C15H17/c1-3-7-13-11-10-12(4-2)14-8-5-6-9-15(13)14/h5-6,8-11H,2-4,7H2,1H3. The van der Waals surface area contributed by atoms with Gasteiger partial charge in [0.15, 0.2) is 0 Å². The fourth-order valence-corrected chi connectivity index (χ4v) is 2.13. The molecule has 0 aliphatic carbocycles. The van der Waals surface area contributed by atoms with Gasteiger partial charge in [-0.1, -0.05) is 49.7 Å². The molecule has 0 spiro atoms. The SMILES string of the molecule is [CH2]Cc1ccc(CCC)c2ccccc12. The predicted molar refractivity (Wildman–Crippen MR) is 67.0 cm³/mol. The lowest BCUT2D eigenvalue weighted by molar-refractivity contribution is 0.929. The molecular weight excluding hydrogens is 180 g/mol. The lowest BCUT2D eigenvalue weighted by Gasteiger charge is -2.09. The van der Waals surface area contributed by atoms with Crippen molar-refractivity contribution in [2.45, 2.75) is 26.2 Å². The van der Waals surface area contributed by atoms with Crippen LogP contribution < -0.4 is 0 Å². The van der Waals surface area contributed by atoms with E-state index in [2.05, 4.69) is 50.2 Å². The molecule has 0 unspecified atom stereocenters. The minimum Gasteiger partial charge on any atom is -0.0651 e. The van der Waals surface area contributed by atoms with Crippen molar-refractivity contribution in [1.29, 1.82) is 0 Å². The first kappa shape index (κ1) is 10.2. The van der Waals surface area contributed by atoms with Crippen LogP contribution in [-0.4, -0.2) is 0 Å². The zero-order valence-corrected chi connectivity index (χ0v) is 9.29. The largest absolute Gasteiger partial charge is 0.0651 e. The predicted octanol–water partition coefficient (Wildman–Crippen LogP) is 4.17. The van der Waals surface area contributed by atoms with Crippen LogP contribution in [0.5, 0.6) is 0 Å². The molecule has 0 nitrogen and oxygen atoms in total. The molecule has 0 fully saturated rings. The Morgan fingerprint density at radius 2 is 1.53 bits per heavy atom. The molecule has 15 heavy (non-hydrogen) atoms. The molecule has 0 heteroatoms. The molecule has 0 amide bonds. The molecule has 0 aliphatic heterocycles. The Hall–Kier alpha value is -1.30. The summed E-state index contributed by atoms with van der Waals surface area (Å²) in [6.45, 7) is 6.21. The number of rotatable bonds is 3. The minimum atomic E-state index is 0.868. The van der Waals surface area contributed by atoms with E-state index >= 15 is 0 Å². The first-order valence-corrected chi connectivity index (χ1v) is 5.65. The monoisotopic (exact) mass is 197 g/mol. The van der Waals surface area contributed by atoms with Crippen LogP contribution >= 0.6 is 0 Å². The van der Waals surface area contributed by atoms with E-state index in [1.54, 1.807) is 0 Å². The molecule has 2 aromatic rings. The second-order valence-electron chi connectivity index (χ2n) is 3.93. The maximum Gasteiger partial charge on any atom is -0.0149 e. The summed E-state index contributed by atoms with van der Waals surface area (Å²) in [5.74, 6) is 0. The molecule has 0 aromatic heterocycles. The van der Waals surface area contributed by atoms with Crippen molar-refractivity contribution in [3.63, 3.8) is 0 Å². The van der Waals surface area contributed by atoms with Gasteiger partial charge in [-0.05, 0) is 41.7 Å². The van der Waals surface area contributed by atoms with Gasteiger partial charge in [-0.25, -0.2) is 0 Å². The number of hydrogen-bond donors (Lipinski definition) is 0. The Labute approximate surface area is 91.9 Å². The quantitative estimate of drug-likeness (QED) is 0.692. The third-order valence-corrected chi connectivity index (χ3v) is 2.89. The molecular formula is C15H17. The number of aryl methyl sites for hydroxylation is 1. The summed E-state index contributed by atoms with van der Waals surface area (Å²) in [6.07, 6.45) is 3.23. The van der Waals surface area contributed by atoms with E-state index in [1.165, 1.54) is 28.3 Å². The first-order valence-electron chi connectivity index (χ1n) is 5.65. The number of benzene rings is 2. The molecule has 0 bridgehead atoms. The highest BCUT2D eigenvalue weighted by atomic mass is 14.1. The Kier molecular flexibility index (Phi) is 3.05. The average Bonchev–Trinajstić information content (AvgIpc) is 2.30. The maximum absolute atomic E-state index is 3.98. The Bertz CT molecular complexity index is 455. The van der Waals surface area contributed by atoms with E-state index in [0.717, 1.165) is 12.8 Å². The second kappa shape index (κ2) is 4.48. The molecule has 0 saturated heterocycles. The lowest BCUT2D eigenvalue weighted by atomic mass is 9.96. The van der Waals surface area contributed by atoms with Gasteiger partial charge in [0.05, 0.1) is 0 Å². The van der Waals surface area contributed by atoms with Crippen LogP contribution in [0.4, 0.5) is 0 Å². The van der Waals surface area contributed by atoms with Crippen molar-refractivity contribution >= 4 is 10.8 Å². The third kappa shape index (κ3) is 1.90. The van der Waals surface area contributed by atoms with Crippen molar-refractivity contribution in [3.05, 3.63) is 54.4 Å². The highest BCUT2D eigenvalue weighted by Gasteiger charge is 2.03. The molecule has 77 valence electrons. The Morgan fingerprint density at radius 1 is 0.933 bits per heavy atom. The van der Waals surface area contributed by atoms with Gasteiger partial charge in [0.25, 0.3) is 0 Å². The van der Waals surface area contributed by atoms with Gasteiger partial charge in [-0.3, -0.25) is 0 Å². The lowest BCUT2D eigenvalue weighted by Crippen LogP contribution is -1.90. The van der Waals surface area contributed by atoms with Crippen LogP contribution in [0.25, 0.3) is 10.8 Å². The van der Waals surface area contributed by atoms with E-state index < -0.39 is 0 Å². The van der Waals surface area contributed by atoms with E-state index in [-0.39, 0.29) is 0 Å². The molecule has 0 aliphatic rings. The Balaban J connectivity index is 2.66. The average molecular weight is 197 g/mol. The van der Waals surface area contributed by atoms with Gasteiger partial charge in [0.1, 0.15) is 0 Å². The van der Waals surface area contributed by atoms with Crippen molar-refractivity contribution in [3.8, 4) is 0 Å². The highest BCUT2D eigenvalue weighted by molar-refractivity contribution is 5.88. The highest BCUT2D eigenvalue weighted by Crippen LogP contribution is 2.24. The van der Waals surface area contributed by atoms with Crippen LogP contribution in [0, 0.1) is 6.92 Å². The smallest absolute Gasteiger partial charge is 0.0149 e. The summed E-state index contributed by atoms with van der Waals surface area (Å²) >= 11 is 0. The topological polar surface area (TPSA) is 0 Å². The molecule has 2 aromatic carbocycles. The van der Waals surface area contributed by atoms with E-state index in [1.807, 2.05) is 0 Å². The second-order valence-corrected chi connectivity index (χ2v) is 3.93. The van der Waals surface area contributed by atoms with E-state index in [4.69, 9.17) is 0 Å². The maximum atomic E-state index is 3.98.